The zero-order chi connectivity index (χ0) is 37.4. The molecule has 0 aromatic rings. The number of carbonyl (C=O) groups is 2. The lowest BCUT2D eigenvalue weighted by Crippen LogP contribution is -2.62. The number of nitrogens with zero attached hydrogens (tertiary/aromatic N) is 2. The van der Waals surface area contributed by atoms with Crippen molar-refractivity contribution in [3.63, 3.8) is 0 Å². The Morgan fingerprint density at radius 3 is 2.27 bits per heavy atom. The van der Waals surface area contributed by atoms with Crippen molar-refractivity contribution in [2.45, 2.75) is 149 Å². The Kier molecular flexibility index (Phi) is 8.65. The summed E-state index contributed by atoms with van der Waals surface area (Å²) in [5.41, 5.74) is -0.333. The molecule has 5 aliphatic carbocycles. The van der Waals surface area contributed by atoms with Gasteiger partial charge in [-0.1, -0.05) is 48.5 Å². The van der Waals surface area contributed by atoms with Crippen molar-refractivity contribution in [2.24, 2.45) is 56.7 Å². The van der Waals surface area contributed by atoms with Crippen LogP contribution in [0, 0.1) is 56.7 Å². The van der Waals surface area contributed by atoms with Gasteiger partial charge in [-0.05, 0) is 104 Å². The van der Waals surface area contributed by atoms with E-state index >= 15 is 0 Å². The van der Waals surface area contributed by atoms with Crippen LogP contribution in [0.4, 0.5) is 22.8 Å². The lowest BCUT2D eigenvalue weighted by atomic mass is 9.41. The van der Waals surface area contributed by atoms with E-state index in [9.17, 15) is 27.9 Å². The molecule has 2 N–H and O–H groups in total. The van der Waals surface area contributed by atoms with Crippen LogP contribution in [0.3, 0.4) is 0 Å². The number of fused-ring (bicyclic) bond motifs is 4. The lowest BCUT2D eigenvalue weighted by molar-refractivity contribution is -0.186. The maximum Gasteiger partial charge on any atom is 0.410 e. The minimum atomic E-state index is -4.28. The van der Waals surface area contributed by atoms with Gasteiger partial charge < -0.3 is 34.4 Å². The second-order valence-corrected chi connectivity index (χ2v) is 20.0. The van der Waals surface area contributed by atoms with E-state index in [0.29, 0.717) is 17.8 Å². The average Bonchev–Trinajstić information content (AvgIpc) is 3.63. The summed E-state index contributed by atoms with van der Waals surface area (Å²) in [7, 11) is 0. The fourth-order valence-corrected chi connectivity index (χ4v) is 14.3. The first kappa shape index (κ1) is 37.1. The molecule has 2 amide bonds. The molecule has 0 radical (unpaired) electrons. The first-order valence-electron chi connectivity index (χ1n) is 20.3. The maximum absolute atomic E-state index is 13.2. The number of amides is 2. The fourth-order valence-electron chi connectivity index (χ4n) is 14.3. The number of hydrogen-bond acceptors (Lipinski definition) is 7. The summed E-state index contributed by atoms with van der Waals surface area (Å²) in [4.78, 5) is 29.4. The summed E-state index contributed by atoms with van der Waals surface area (Å²) in [5.74, 6) is 1.40. The number of hydrogen-bond donors (Lipinski definition) is 2. The molecule has 294 valence electrons. The van der Waals surface area contributed by atoms with E-state index in [0.717, 1.165) is 70.9 Å². The van der Waals surface area contributed by atoms with Gasteiger partial charge in [0.1, 0.15) is 12.2 Å². The predicted molar refractivity (Wildman–Crippen MR) is 187 cm³/mol. The van der Waals surface area contributed by atoms with Crippen molar-refractivity contribution in [3.05, 3.63) is 0 Å². The number of likely N-dealkylation sites (tertiary alicyclic amines) is 2. The number of nitrogens with one attached hydrogen (secondary N) is 1. The summed E-state index contributed by atoms with van der Waals surface area (Å²) in [6, 6.07) is -0.366. The van der Waals surface area contributed by atoms with Gasteiger partial charge in [0.2, 0.25) is 0 Å². The monoisotopic (exact) mass is 737 g/mol. The average molecular weight is 738 g/mol. The van der Waals surface area contributed by atoms with Crippen LogP contribution in [0.25, 0.3) is 0 Å². The van der Waals surface area contributed by atoms with Crippen molar-refractivity contribution >= 4 is 12.2 Å². The highest BCUT2D eigenvalue weighted by molar-refractivity contribution is 5.69. The van der Waals surface area contributed by atoms with Crippen molar-refractivity contribution in [3.8, 4) is 0 Å². The van der Waals surface area contributed by atoms with E-state index < -0.39 is 24.9 Å². The smallest absolute Gasteiger partial charge is 0.410 e. The van der Waals surface area contributed by atoms with E-state index in [1.807, 2.05) is 0 Å². The van der Waals surface area contributed by atoms with Gasteiger partial charge in [0, 0.05) is 43.1 Å². The van der Waals surface area contributed by atoms with Crippen LogP contribution >= 0.6 is 0 Å². The van der Waals surface area contributed by atoms with Crippen LogP contribution in [-0.2, 0) is 14.2 Å². The Morgan fingerprint density at radius 1 is 0.962 bits per heavy atom. The molecular weight excluding hydrogens is 675 g/mol. The Balaban J connectivity index is 0.969. The summed E-state index contributed by atoms with van der Waals surface area (Å²) in [6.07, 6.45) is 2.30. The Bertz CT molecular complexity index is 1440. The largest absolute Gasteiger partial charge is 0.446 e. The van der Waals surface area contributed by atoms with Crippen LogP contribution < -0.4 is 5.32 Å². The highest BCUT2D eigenvalue weighted by atomic mass is 19.4. The first-order chi connectivity index (χ1) is 24.3. The molecule has 3 heterocycles. The Morgan fingerprint density at radius 2 is 1.63 bits per heavy atom. The summed E-state index contributed by atoms with van der Waals surface area (Å²) in [5, 5.41) is 15.1. The van der Waals surface area contributed by atoms with Gasteiger partial charge in [-0.25, -0.2) is 9.59 Å². The van der Waals surface area contributed by atoms with Gasteiger partial charge in [0.25, 0.3) is 0 Å². The lowest BCUT2D eigenvalue weighted by Gasteiger charge is -2.63. The number of rotatable bonds is 6. The molecule has 5 saturated carbocycles. The number of aliphatic hydroxyl groups excluding tert-OH is 1. The summed E-state index contributed by atoms with van der Waals surface area (Å²) < 4.78 is 57.2. The SMILES string of the molecule is CC(C)[C@@H](OC(=O)N1CCC1)C1C[C@@H](C)[C@H]2C(O1)[C@H](O)[C@@]1(C)C3CC[C@H]4C(C)(C)C(OC(=O)N5CC(NCC(F)(F)F)C5)CC[C@@]45C[C@@]35CC[C@]21C. The normalized spacial score (nSPS) is 46.8. The first-order valence-corrected chi connectivity index (χ1v) is 20.3. The standard InChI is InChI=1S/C40H62F3N3O6/c1-22(2)30(52-33(48)45-15-8-16-45)25-17-23(3)29-31(50-25)32(47)37(7)27-10-9-26-35(4,5)28(11-12-38(26)20-39(27,38)14-13-36(29,37)6)51-34(49)46-18-24(19-46)44-21-40(41,42)43/h22-32,44,47H,8-21H2,1-7H3/t23-,25?,26+,27?,28?,29+,30-,31?,32+,36-,37-,38-,39+/m1/s1. The second kappa shape index (κ2) is 12.1. The molecule has 8 fully saturated rings. The zero-order valence-electron chi connectivity index (χ0n) is 32.3. The van der Waals surface area contributed by atoms with E-state index in [1.165, 1.54) is 4.90 Å². The molecule has 0 aromatic heterocycles. The molecular formula is C40H62F3N3O6. The van der Waals surface area contributed by atoms with Gasteiger partial charge in [0.05, 0.1) is 24.9 Å². The molecule has 9 nitrogen and oxygen atoms in total. The van der Waals surface area contributed by atoms with Gasteiger partial charge in [-0.3, -0.25) is 0 Å². The molecule has 4 unspecified atom stereocenters. The minimum absolute atomic E-state index is 0.0814. The number of alkyl halides is 3. The Hall–Kier alpha value is -1.79. The summed E-state index contributed by atoms with van der Waals surface area (Å²) in [6.45, 7) is 16.7. The molecule has 13 atom stereocenters. The van der Waals surface area contributed by atoms with Crippen LogP contribution in [0.5, 0.6) is 0 Å². The molecule has 8 rings (SSSR count). The predicted octanol–water partition coefficient (Wildman–Crippen LogP) is 7.01. The third kappa shape index (κ3) is 5.17. The number of ether oxygens (including phenoxy) is 3. The van der Waals surface area contributed by atoms with E-state index in [4.69, 9.17) is 14.2 Å². The number of aliphatic hydroxyl groups is 1. The topological polar surface area (TPSA) is 101 Å². The van der Waals surface area contributed by atoms with Crippen LogP contribution in [0.15, 0.2) is 0 Å². The molecule has 12 heteroatoms. The van der Waals surface area contributed by atoms with Crippen LogP contribution in [0.1, 0.15) is 106 Å². The van der Waals surface area contributed by atoms with Crippen molar-refractivity contribution in [1.82, 2.24) is 15.1 Å². The highest BCUT2D eigenvalue weighted by Gasteiger charge is 2.85. The molecule has 2 spiro atoms. The molecule has 0 aromatic carbocycles. The Labute approximate surface area is 307 Å². The minimum Gasteiger partial charge on any atom is -0.446 e. The van der Waals surface area contributed by atoms with Crippen LogP contribution in [0.2, 0.25) is 0 Å². The third-order valence-corrected chi connectivity index (χ3v) is 17.1. The molecule has 52 heavy (non-hydrogen) atoms. The molecule has 3 saturated heterocycles. The number of halogens is 3. The van der Waals surface area contributed by atoms with E-state index in [1.54, 1.807) is 4.90 Å². The summed E-state index contributed by atoms with van der Waals surface area (Å²) >= 11 is 0. The zero-order valence-corrected chi connectivity index (χ0v) is 32.3. The maximum atomic E-state index is 13.2. The van der Waals surface area contributed by atoms with Crippen molar-refractivity contribution in [1.29, 1.82) is 0 Å². The molecule has 3 aliphatic heterocycles. The quantitative estimate of drug-likeness (QED) is 0.303. The molecule has 8 aliphatic rings. The number of carbonyl (C=O) groups excluding carboxylic acids is 2. The second-order valence-electron chi connectivity index (χ2n) is 20.0. The third-order valence-electron chi connectivity index (χ3n) is 17.1. The van der Waals surface area contributed by atoms with Crippen LogP contribution in [-0.4, -0.2) is 103 Å². The van der Waals surface area contributed by atoms with Gasteiger partial charge in [-0.2, -0.15) is 13.2 Å². The van der Waals surface area contributed by atoms with Crippen molar-refractivity contribution < 1.29 is 42.1 Å². The fraction of sp³-hybridized carbons (Fsp3) is 0.950. The van der Waals surface area contributed by atoms with Gasteiger partial charge >= 0.3 is 18.4 Å². The molecule has 0 bridgehead atoms. The van der Waals surface area contributed by atoms with E-state index in [2.05, 4.69) is 53.8 Å². The highest BCUT2D eigenvalue weighted by Crippen LogP contribution is 2.89. The van der Waals surface area contributed by atoms with Gasteiger partial charge in [0.15, 0.2) is 0 Å². The van der Waals surface area contributed by atoms with E-state index in [-0.39, 0.29) is 88.6 Å². The van der Waals surface area contributed by atoms with Crippen molar-refractivity contribution in [2.75, 3.05) is 32.7 Å². The van der Waals surface area contributed by atoms with Gasteiger partial charge in [-0.15, -0.1) is 0 Å².